The summed E-state index contributed by atoms with van der Waals surface area (Å²) in [6.45, 7) is 4.73. The van der Waals surface area contributed by atoms with Gasteiger partial charge in [-0.2, -0.15) is 0 Å². The SMILES string of the molecule is CN=C(NCCCCCOC1CCCCC1)N1CCN(C(=O)c2ccco2)CC1.I. The Morgan fingerprint density at radius 3 is 2.53 bits per heavy atom. The van der Waals surface area contributed by atoms with Crippen LogP contribution in [0.2, 0.25) is 0 Å². The van der Waals surface area contributed by atoms with Crippen LogP contribution >= 0.6 is 24.0 Å². The molecule has 8 heteroatoms. The Hall–Kier alpha value is -1.29. The van der Waals surface area contributed by atoms with E-state index < -0.39 is 0 Å². The third-order valence-corrected chi connectivity index (χ3v) is 5.82. The number of carbonyl (C=O) groups excluding carboxylic acids is 1. The molecule has 1 saturated heterocycles. The molecule has 0 unspecified atom stereocenters. The van der Waals surface area contributed by atoms with Crippen molar-refractivity contribution < 1.29 is 13.9 Å². The fourth-order valence-electron chi connectivity index (χ4n) is 4.10. The lowest BCUT2D eigenvalue weighted by Crippen LogP contribution is -2.53. The fraction of sp³-hybridized carbons (Fsp3) is 0.727. The molecular weight excluding hydrogens is 495 g/mol. The van der Waals surface area contributed by atoms with Gasteiger partial charge in [-0.1, -0.05) is 19.3 Å². The van der Waals surface area contributed by atoms with E-state index >= 15 is 0 Å². The quantitative estimate of drug-likeness (QED) is 0.239. The number of hydrogen-bond acceptors (Lipinski definition) is 4. The molecule has 1 aliphatic heterocycles. The molecular formula is C22H37IN4O3. The summed E-state index contributed by atoms with van der Waals surface area (Å²) in [5.41, 5.74) is 0. The van der Waals surface area contributed by atoms with Crippen molar-refractivity contribution >= 4 is 35.8 Å². The van der Waals surface area contributed by atoms with Crippen molar-refractivity contribution in [2.75, 3.05) is 46.4 Å². The van der Waals surface area contributed by atoms with Crippen LogP contribution in [0.1, 0.15) is 61.9 Å². The molecule has 1 aromatic heterocycles. The highest BCUT2D eigenvalue weighted by atomic mass is 127. The number of guanidine groups is 1. The maximum absolute atomic E-state index is 12.4. The summed E-state index contributed by atoms with van der Waals surface area (Å²) in [5, 5.41) is 3.46. The Balaban J connectivity index is 0.00000320. The van der Waals surface area contributed by atoms with Gasteiger partial charge in [-0.15, -0.1) is 24.0 Å². The van der Waals surface area contributed by atoms with Crippen molar-refractivity contribution in [1.82, 2.24) is 15.1 Å². The summed E-state index contributed by atoms with van der Waals surface area (Å²) in [7, 11) is 1.82. The molecule has 3 rings (SSSR count). The number of unbranched alkanes of at least 4 members (excludes halogenated alkanes) is 2. The standard InChI is InChI=1S/C22H36N4O3.HI/c1-23-22(24-12-6-3-7-17-28-19-9-4-2-5-10-19)26-15-13-25(14-16-26)21(27)20-11-8-18-29-20;/h8,11,18-19H,2-7,9-10,12-17H2,1H3,(H,23,24);1H. The molecule has 1 N–H and O–H groups in total. The van der Waals surface area contributed by atoms with Crippen molar-refractivity contribution in [1.29, 1.82) is 0 Å². The van der Waals surface area contributed by atoms with Crippen LogP contribution in [0.25, 0.3) is 0 Å². The first-order valence-corrected chi connectivity index (χ1v) is 11.2. The van der Waals surface area contributed by atoms with E-state index in [0.29, 0.717) is 25.0 Å². The van der Waals surface area contributed by atoms with E-state index in [-0.39, 0.29) is 29.9 Å². The van der Waals surface area contributed by atoms with Gasteiger partial charge in [0.1, 0.15) is 0 Å². The first-order chi connectivity index (χ1) is 14.3. The molecule has 0 atom stereocenters. The molecule has 0 bridgehead atoms. The molecule has 1 amide bonds. The van der Waals surface area contributed by atoms with E-state index in [1.165, 1.54) is 44.8 Å². The second-order valence-corrected chi connectivity index (χ2v) is 7.92. The van der Waals surface area contributed by atoms with Crippen LogP contribution in [0, 0.1) is 0 Å². The monoisotopic (exact) mass is 532 g/mol. The number of ether oxygens (including phenoxy) is 1. The summed E-state index contributed by atoms with van der Waals surface area (Å²) in [6, 6.07) is 3.47. The first-order valence-electron chi connectivity index (χ1n) is 11.2. The number of nitrogens with one attached hydrogen (secondary N) is 1. The van der Waals surface area contributed by atoms with Crippen molar-refractivity contribution in [2.45, 2.75) is 57.5 Å². The summed E-state index contributed by atoms with van der Waals surface area (Å²) in [6.07, 6.45) is 12.0. The smallest absolute Gasteiger partial charge is 0.289 e. The maximum Gasteiger partial charge on any atom is 0.289 e. The highest BCUT2D eigenvalue weighted by Gasteiger charge is 2.25. The molecule has 170 valence electrons. The van der Waals surface area contributed by atoms with Gasteiger partial charge >= 0.3 is 0 Å². The Kier molecular flexibility index (Phi) is 11.6. The minimum atomic E-state index is -0.0342. The first kappa shape index (κ1) is 25.0. The lowest BCUT2D eigenvalue weighted by Gasteiger charge is -2.36. The van der Waals surface area contributed by atoms with Gasteiger partial charge in [0.05, 0.1) is 12.4 Å². The number of aliphatic imine (C=N–C) groups is 1. The number of hydrogen-bond donors (Lipinski definition) is 1. The molecule has 1 saturated carbocycles. The van der Waals surface area contributed by atoms with Gasteiger partial charge in [0.15, 0.2) is 11.7 Å². The predicted octanol–water partition coefficient (Wildman–Crippen LogP) is 3.75. The third kappa shape index (κ3) is 7.76. The normalized spacial score (nSPS) is 18.2. The Morgan fingerprint density at radius 2 is 1.87 bits per heavy atom. The zero-order valence-corrected chi connectivity index (χ0v) is 20.5. The number of furan rings is 1. The van der Waals surface area contributed by atoms with Gasteiger partial charge in [0.2, 0.25) is 0 Å². The zero-order valence-electron chi connectivity index (χ0n) is 18.2. The average Bonchev–Trinajstić information content (AvgIpc) is 3.31. The molecule has 30 heavy (non-hydrogen) atoms. The summed E-state index contributed by atoms with van der Waals surface area (Å²) < 4.78 is 11.2. The van der Waals surface area contributed by atoms with E-state index in [0.717, 1.165) is 45.0 Å². The molecule has 1 aromatic rings. The van der Waals surface area contributed by atoms with Crippen molar-refractivity contribution in [2.24, 2.45) is 4.99 Å². The van der Waals surface area contributed by atoms with Crippen LogP contribution in [0.5, 0.6) is 0 Å². The number of rotatable bonds is 8. The van der Waals surface area contributed by atoms with Crippen LogP contribution in [0.15, 0.2) is 27.8 Å². The molecule has 0 radical (unpaired) electrons. The van der Waals surface area contributed by atoms with Gasteiger partial charge in [-0.3, -0.25) is 9.79 Å². The van der Waals surface area contributed by atoms with E-state index in [4.69, 9.17) is 9.15 Å². The third-order valence-electron chi connectivity index (χ3n) is 5.82. The van der Waals surface area contributed by atoms with Crippen molar-refractivity contribution in [3.8, 4) is 0 Å². The molecule has 2 fully saturated rings. The summed E-state index contributed by atoms with van der Waals surface area (Å²) >= 11 is 0. The van der Waals surface area contributed by atoms with Crippen LogP contribution in [-0.2, 0) is 4.74 Å². The lowest BCUT2D eigenvalue weighted by atomic mass is 9.98. The van der Waals surface area contributed by atoms with Gasteiger partial charge in [0.25, 0.3) is 5.91 Å². The van der Waals surface area contributed by atoms with Gasteiger partial charge in [0, 0.05) is 46.4 Å². The second-order valence-electron chi connectivity index (χ2n) is 7.92. The van der Waals surface area contributed by atoms with Crippen LogP contribution in [-0.4, -0.2) is 74.1 Å². The topological polar surface area (TPSA) is 70.3 Å². The van der Waals surface area contributed by atoms with E-state index in [9.17, 15) is 4.79 Å². The molecule has 2 aliphatic rings. The average molecular weight is 532 g/mol. The minimum absolute atomic E-state index is 0. The molecule has 0 spiro atoms. The number of amides is 1. The predicted molar refractivity (Wildman–Crippen MR) is 130 cm³/mol. The van der Waals surface area contributed by atoms with Crippen LogP contribution in [0.3, 0.4) is 0 Å². The maximum atomic E-state index is 12.4. The highest BCUT2D eigenvalue weighted by Crippen LogP contribution is 2.20. The Morgan fingerprint density at radius 1 is 1.13 bits per heavy atom. The molecule has 2 heterocycles. The number of piperazine rings is 1. The molecule has 7 nitrogen and oxygen atoms in total. The highest BCUT2D eigenvalue weighted by molar-refractivity contribution is 14.0. The largest absolute Gasteiger partial charge is 0.459 e. The van der Waals surface area contributed by atoms with Crippen LogP contribution < -0.4 is 5.32 Å². The zero-order chi connectivity index (χ0) is 20.3. The van der Waals surface area contributed by atoms with E-state index in [2.05, 4.69) is 15.2 Å². The molecule has 0 aromatic carbocycles. The van der Waals surface area contributed by atoms with Crippen LogP contribution in [0.4, 0.5) is 0 Å². The minimum Gasteiger partial charge on any atom is -0.459 e. The number of nitrogens with zero attached hydrogens (tertiary/aromatic N) is 3. The Bertz CT molecular complexity index is 624. The second kappa shape index (κ2) is 13.9. The van der Waals surface area contributed by atoms with Crippen molar-refractivity contribution in [3.63, 3.8) is 0 Å². The summed E-state index contributed by atoms with van der Waals surface area (Å²) in [5.74, 6) is 1.30. The van der Waals surface area contributed by atoms with Gasteiger partial charge in [-0.25, -0.2) is 0 Å². The van der Waals surface area contributed by atoms with E-state index in [1.54, 1.807) is 12.1 Å². The van der Waals surface area contributed by atoms with Gasteiger partial charge < -0.3 is 24.3 Å². The Labute approximate surface area is 197 Å². The van der Waals surface area contributed by atoms with Gasteiger partial charge in [-0.05, 0) is 44.2 Å². The number of carbonyl (C=O) groups is 1. The number of halogens is 1. The lowest BCUT2D eigenvalue weighted by molar-refractivity contribution is 0.0263. The summed E-state index contributed by atoms with van der Waals surface area (Å²) in [4.78, 5) is 20.8. The van der Waals surface area contributed by atoms with Crippen molar-refractivity contribution in [3.05, 3.63) is 24.2 Å². The van der Waals surface area contributed by atoms with E-state index in [1.807, 2.05) is 11.9 Å². The molecule has 1 aliphatic carbocycles. The fourth-order valence-corrected chi connectivity index (χ4v) is 4.10.